The van der Waals surface area contributed by atoms with Gasteiger partial charge in [0.05, 0.1) is 18.6 Å². The molecular weight excluding hydrogens is 460 g/mol. The summed E-state index contributed by atoms with van der Waals surface area (Å²) in [6, 6.07) is 8.42. The van der Waals surface area contributed by atoms with Gasteiger partial charge in [0.25, 0.3) is 0 Å². The fourth-order valence-electron chi connectivity index (χ4n) is 5.93. The normalized spacial score (nSPS) is 30.6. The predicted octanol–water partition coefficient (Wildman–Crippen LogP) is -0.00710. The average Bonchev–Trinajstić information content (AvgIpc) is 3.28. The molecule has 11 nitrogen and oxygen atoms in total. The Balaban J connectivity index is 1.25. The van der Waals surface area contributed by atoms with E-state index in [0.717, 1.165) is 57.1 Å². The highest BCUT2D eigenvalue weighted by molar-refractivity contribution is 5.81. The van der Waals surface area contributed by atoms with Gasteiger partial charge in [-0.1, -0.05) is 12.8 Å². The second-order valence-corrected chi connectivity index (χ2v) is 10.4. The highest BCUT2D eigenvalue weighted by atomic mass is 16.4. The van der Waals surface area contributed by atoms with Gasteiger partial charge in [-0.15, -0.1) is 0 Å². The molecule has 4 unspecified atom stereocenters. The van der Waals surface area contributed by atoms with E-state index in [0.29, 0.717) is 6.54 Å². The van der Waals surface area contributed by atoms with Crippen LogP contribution in [0.2, 0.25) is 0 Å². The van der Waals surface area contributed by atoms with Crippen molar-refractivity contribution < 1.29 is 14.7 Å². The fraction of sp³-hybridized carbons (Fsp3) is 0.680. The largest absolute Gasteiger partial charge is 0.480 e. The Hall–Kier alpha value is -2.44. The zero-order valence-corrected chi connectivity index (χ0v) is 20.9. The lowest BCUT2D eigenvalue weighted by Crippen LogP contribution is -2.76. The van der Waals surface area contributed by atoms with Crippen LogP contribution in [0.25, 0.3) is 0 Å². The number of carboxylic acid groups (broad SMARTS) is 1. The molecule has 1 aromatic carbocycles. The number of rotatable bonds is 6. The molecular formula is C25H40N8O3. The van der Waals surface area contributed by atoms with Crippen LogP contribution in [-0.4, -0.2) is 97.6 Å². The first-order valence-electron chi connectivity index (χ1n) is 13.4. The van der Waals surface area contributed by atoms with E-state index in [1.54, 1.807) is 0 Å². The SMILES string of the molecule is O=C(O)CN1CCCN(c2ccc(NC3NC(N4CCCCCC4)NC4CNNC(=O)C43)cc2)CC1. The molecule has 1 amide bonds. The zero-order valence-electron chi connectivity index (χ0n) is 20.9. The number of nitrogens with zero attached hydrogens (tertiary/aromatic N) is 3. The number of carbonyl (C=O) groups excluding carboxylic acids is 1. The third kappa shape index (κ3) is 6.09. The van der Waals surface area contributed by atoms with Crippen molar-refractivity contribution in [3.63, 3.8) is 0 Å². The van der Waals surface area contributed by atoms with Crippen LogP contribution in [0.4, 0.5) is 11.4 Å². The molecule has 0 aliphatic carbocycles. The van der Waals surface area contributed by atoms with Gasteiger partial charge in [-0.25, -0.2) is 5.43 Å². The van der Waals surface area contributed by atoms with Crippen LogP contribution in [-0.2, 0) is 9.59 Å². The molecule has 0 bridgehead atoms. The van der Waals surface area contributed by atoms with Gasteiger partial charge in [0.15, 0.2) is 0 Å². The molecule has 4 heterocycles. The van der Waals surface area contributed by atoms with Gasteiger partial charge in [-0.3, -0.25) is 35.4 Å². The molecule has 198 valence electrons. The summed E-state index contributed by atoms with van der Waals surface area (Å²) in [6.07, 6.45) is 5.74. The molecule has 0 radical (unpaired) electrons. The van der Waals surface area contributed by atoms with E-state index in [2.05, 4.69) is 60.9 Å². The minimum absolute atomic E-state index is 0.00910. The summed E-state index contributed by atoms with van der Waals surface area (Å²) in [5, 5.41) is 20.1. The van der Waals surface area contributed by atoms with Gasteiger partial charge in [-0.05, 0) is 43.5 Å². The Labute approximate surface area is 212 Å². The summed E-state index contributed by atoms with van der Waals surface area (Å²) in [4.78, 5) is 30.7. The topological polar surface area (TPSA) is 124 Å². The zero-order chi connectivity index (χ0) is 24.9. The summed E-state index contributed by atoms with van der Waals surface area (Å²) in [5.41, 5.74) is 7.95. The van der Waals surface area contributed by atoms with E-state index in [1.165, 1.54) is 25.7 Å². The third-order valence-electron chi connectivity index (χ3n) is 7.85. The molecule has 0 aromatic heterocycles. The van der Waals surface area contributed by atoms with Crippen LogP contribution in [0, 0.1) is 5.92 Å². The van der Waals surface area contributed by atoms with Gasteiger partial charge >= 0.3 is 5.97 Å². The van der Waals surface area contributed by atoms with Crippen molar-refractivity contribution in [3.8, 4) is 0 Å². The number of anilines is 2. The highest BCUT2D eigenvalue weighted by Crippen LogP contribution is 2.25. The monoisotopic (exact) mass is 500 g/mol. The first kappa shape index (κ1) is 25.2. The Bertz CT molecular complexity index is 892. The van der Waals surface area contributed by atoms with Crippen molar-refractivity contribution in [2.75, 3.05) is 62.6 Å². The van der Waals surface area contributed by atoms with Gasteiger partial charge in [0, 0.05) is 63.2 Å². The molecule has 4 atom stereocenters. The van der Waals surface area contributed by atoms with E-state index >= 15 is 0 Å². The first-order chi connectivity index (χ1) is 17.6. The molecule has 11 heteroatoms. The van der Waals surface area contributed by atoms with Crippen LogP contribution < -0.4 is 31.7 Å². The maximum Gasteiger partial charge on any atom is 0.317 e. The van der Waals surface area contributed by atoms with E-state index in [-0.39, 0.29) is 36.9 Å². The molecule has 5 rings (SSSR count). The molecule has 4 saturated heterocycles. The smallest absolute Gasteiger partial charge is 0.317 e. The van der Waals surface area contributed by atoms with Crippen molar-refractivity contribution in [3.05, 3.63) is 24.3 Å². The fourth-order valence-corrected chi connectivity index (χ4v) is 5.93. The number of nitrogens with one attached hydrogen (secondary N) is 5. The lowest BCUT2D eigenvalue weighted by atomic mass is 9.91. The number of aliphatic carboxylic acids is 1. The van der Waals surface area contributed by atoms with Crippen molar-refractivity contribution in [1.82, 2.24) is 31.3 Å². The Kier molecular flexibility index (Phi) is 8.22. The lowest BCUT2D eigenvalue weighted by Gasteiger charge is -2.48. The number of hydrogen-bond donors (Lipinski definition) is 6. The van der Waals surface area contributed by atoms with Crippen molar-refractivity contribution in [2.24, 2.45) is 5.92 Å². The molecule has 36 heavy (non-hydrogen) atoms. The number of likely N-dealkylation sites (tertiary alicyclic amines) is 1. The molecule has 1 aromatic rings. The van der Waals surface area contributed by atoms with Crippen LogP contribution in [0.5, 0.6) is 0 Å². The average molecular weight is 501 g/mol. The predicted molar refractivity (Wildman–Crippen MR) is 138 cm³/mol. The van der Waals surface area contributed by atoms with Crippen molar-refractivity contribution in [1.29, 1.82) is 0 Å². The summed E-state index contributed by atoms with van der Waals surface area (Å²) < 4.78 is 0. The Morgan fingerprint density at radius 2 is 1.72 bits per heavy atom. The molecule has 4 aliphatic heterocycles. The van der Waals surface area contributed by atoms with Gasteiger partial charge in [0.2, 0.25) is 5.91 Å². The standard InChI is InChI=1S/C25H40N8O3/c34-21(35)17-31-10-5-13-32(15-14-31)19-8-6-18(7-9-19)27-23-22-20(16-26-30-24(22)36)28-25(29-23)33-11-3-1-2-4-12-33/h6-9,20,22-23,25-29H,1-5,10-17H2,(H,30,36)(H,34,35). The number of amides is 1. The summed E-state index contributed by atoms with van der Waals surface area (Å²) in [6.45, 7) is 6.18. The van der Waals surface area contributed by atoms with Crippen LogP contribution in [0.15, 0.2) is 24.3 Å². The van der Waals surface area contributed by atoms with Crippen molar-refractivity contribution >= 4 is 23.3 Å². The lowest BCUT2D eigenvalue weighted by molar-refractivity contribution is -0.138. The minimum Gasteiger partial charge on any atom is -0.480 e. The first-order valence-corrected chi connectivity index (χ1v) is 13.4. The summed E-state index contributed by atoms with van der Waals surface area (Å²) in [7, 11) is 0. The van der Waals surface area contributed by atoms with E-state index in [9.17, 15) is 9.59 Å². The van der Waals surface area contributed by atoms with E-state index < -0.39 is 5.97 Å². The van der Waals surface area contributed by atoms with Crippen LogP contribution in [0.3, 0.4) is 0 Å². The van der Waals surface area contributed by atoms with Crippen LogP contribution >= 0.6 is 0 Å². The van der Waals surface area contributed by atoms with E-state index in [4.69, 9.17) is 5.11 Å². The number of benzene rings is 1. The third-order valence-corrected chi connectivity index (χ3v) is 7.85. The second kappa shape index (κ2) is 11.7. The summed E-state index contributed by atoms with van der Waals surface area (Å²) in [5.74, 6) is -1.02. The maximum atomic E-state index is 12.8. The van der Waals surface area contributed by atoms with E-state index in [1.807, 2.05) is 4.90 Å². The Morgan fingerprint density at radius 1 is 0.944 bits per heavy atom. The molecule has 4 aliphatic rings. The van der Waals surface area contributed by atoms with Gasteiger partial charge < -0.3 is 15.3 Å². The molecule has 6 N–H and O–H groups in total. The maximum absolute atomic E-state index is 12.8. The van der Waals surface area contributed by atoms with Crippen LogP contribution in [0.1, 0.15) is 32.1 Å². The number of carbonyl (C=O) groups is 2. The summed E-state index contributed by atoms with van der Waals surface area (Å²) >= 11 is 0. The quantitative estimate of drug-likeness (QED) is 0.318. The van der Waals surface area contributed by atoms with Gasteiger partial charge in [0.1, 0.15) is 6.29 Å². The molecule has 0 saturated carbocycles. The number of hydrogen-bond acceptors (Lipinski definition) is 9. The Morgan fingerprint density at radius 3 is 2.47 bits per heavy atom. The molecule has 0 spiro atoms. The van der Waals surface area contributed by atoms with Crippen molar-refractivity contribution in [2.45, 2.75) is 50.6 Å². The highest BCUT2D eigenvalue weighted by Gasteiger charge is 2.44. The molecule has 4 fully saturated rings. The second-order valence-electron chi connectivity index (χ2n) is 10.4. The number of fused-ring (bicyclic) bond motifs is 1. The number of hydrazine groups is 1. The minimum atomic E-state index is -0.770. The van der Waals surface area contributed by atoms with Gasteiger partial charge in [-0.2, -0.15) is 0 Å². The number of carboxylic acids is 1.